The Morgan fingerprint density at radius 1 is 0.588 bits per heavy atom. The number of hydrogen-bond donors (Lipinski definition) is 4. The molecule has 16 nitrogen and oxygen atoms in total. The van der Waals surface area contributed by atoms with Crippen LogP contribution in [0, 0.1) is 34.1 Å². The van der Waals surface area contributed by atoms with Crippen molar-refractivity contribution in [2.24, 2.45) is 9.98 Å². The summed E-state index contributed by atoms with van der Waals surface area (Å²) < 4.78 is 2.54. The van der Waals surface area contributed by atoms with Crippen molar-refractivity contribution in [3.63, 3.8) is 0 Å². The summed E-state index contributed by atoms with van der Waals surface area (Å²) in [6.45, 7) is 3.40. The molecule has 1 radical (unpaired) electrons. The zero-order valence-corrected chi connectivity index (χ0v) is 27.8. The molecule has 0 bridgehead atoms. The van der Waals surface area contributed by atoms with Gasteiger partial charge < -0.3 is 20.4 Å². The first-order valence-corrected chi connectivity index (χ1v) is 14.7. The second kappa shape index (κ2) is 16.0. The molecule has 0 amide bonds. The Morgan fingerprint density at radius 2 is 0.922 bits per heavy atom. The molecule has 0 aliphatic heterocycles. The predicted molar refractivity (Wildman–Crippen MR) is 184 cm³/mol. The van der Waals surface area contributed by atoms with Gasteiger partial charge in [0.25, 0.3) is 11.4 Å². The smallest absolute Gasteiger partial charge is 0.269 e. The molecule has 0 saturated heterocycles. The summed E-state index contributed by atoms with van der Waals surface area (Å²) in [7, 11) is 0. The van der Waals surface area contributed by atoms with Crippen molar-refractivity contribution >= 4 is 35.2 Å². The molecule has 0 atom stereocenters. The maximum atomic E-state index is 10.7. The molecule has 2 heterocycles. The van der Waals surface area contributed by atoms with Crippen LogP contribution in [0.2, 0.25) is 0 Å². The maximum Gasteiger partial charge on any atom is 0.269 e. The van der Waals surface area contributed by atoms with Gasteiger partial charge in [-0.15, -0.1) is 0 Å². The van der Waals surface area contributed by atoms with Crippen molar-refractivity contribution in [2.75, 3.05) is 0 Å². The monoisotopic (exact) mass is 735 g/mol. The molecule has 261 valence electrons. The van der Waals surface area contributed by atoms with Crippen LogP contribution in [0.25, 0.3) is 11.4 Å². The Bertz CT molecular complexity index is 2090. The fourth-order valence-corrected chi connectivity index (χ4v) is 4.56. The van der Waals surface area contributed by atoms with Gasteiger partial charge in [0.15, 0.2) is 0 Å². The number of non-ortho nitro benzene ring substituents is 2. The molecule has 6 rings (SSSR count). The van der Waals surface area contributed by atoms with Gasteiger partial charge in [0.05, 0.1) is 43.7 Å². The standard InChI is InChI=1S/2C17H14N4O4.Co/c2*1-11-14(10-18-15-4-2-3-5-16(15)22)17(23)20(19-11)12-6-8-13(9-7-12)21(24)25;/h2*2-10,22-23H,1H3;. The molecule has 17 heteroatoms. The number of nitro groups is 2. The molecule has 51 heavy (non-hydrogen) atoms. The second-order valence-corrected chi connectivity index (χ2v) is 10.5. The number of aliphatic imine (C=N–C) groups is 2. The SMILES string of the molecule is Cc1nn(-c2ccc([N+](=O)[O-])cc2)c(O)c1C=Nc1ccccc1O.Cc1nn(-c2ccc([N+](=O)[O-])cc2)c(O)c1C=Nc1ccccc1O.[Co]. The molecule has 4 N–H and O–H groups in total. The topological polar surface area (TPSA) is 228 Å². The number of para-hydroxylation sites is 4. The van der Waals surface area contributed by atoms with E-state index in [1.54, 1.807) is 50.2 Å². The summed E-state index contributed by atoms with van der Waals surface area (Å²) in [6, 6.07) is 24.5. The third-order valence-corrected chi connectivity index (χ3v) is 7.20. The van der Waals surface area contributed by atoms with Crippen LogP contribution >= 0.6 is 0 Å². The summed E-state index contributed by atoms with van der Waals surface area (Å²) in [5.74, 6) is -0.242. The van der Waals surface area contributed by atoms with Crippen molar-refractivity contribution in [1.82, 2.24) is 19.6 Å². The number of aromatic hydroxyl groups is 4. The van der Waals surface area contributed by atoms with Crippen molar-refractivity contribution < 1.29 is 47.1 Å². The van der Waals surface area contributed by atoms with Gasteiger partial charge in [-0.25, -0.2) is 9.36 Å². The molecule has 0 aliphatic carbocycles. The summed E-state index contributed by atoms with van der Waals surface area (Å²) in [5.41, 5.74) is 3.42. The minimum absolute atomic E-state index is 0. The summed E-state index contributed by atoms with van der Waals surface area (Å²) in [5, 5.41) is 70.2. The normalized spacial score (nSPS) is 10.9. The zero-order chi connectivity index (χ0) is 35.9. The second-order valence-electron chi connectivity index (χ2n) is 10.5. The van der Waals surface area contributed by atoms with Crippen LogP contribution in [0.1, 0.15) is 22.5 Å². The van der Waals surface area contributed by atoms with E-state index in [9.17, 15) is 40.7 Å². The Balaban J connectivity index is 0.000000224. The van der Waals surface area contributed by atoms with Gasteiger partial charge in [-0.2, -0.15) is 10.2 Å². The first kappa shape index (κ1) is 37.0. The van der Waals surface area contributed by atoms with Crippen LogP contribution < -0.4 is 0 Å². The number of phenolic OH excluding ortho intramolecular Hbond substituents is 2. The number of rotatable bonds is 8. The number of aryl methyl sites for hydroxylation is 2. The Morgan fingerprint density at radius 3 is 1.24 bits per heavy atom. The first-order chi connectivity index (χ1) is 23.9. The van der Waals surface area contributed by atoms with Crippen LogP contribution in [0.15, 0.2) is 107 Å². The fourth-order valence-electron chi connectivity index (χ4n) is 4.56. The maximum absolute atomic E-state index is 10.7. The van der Waals surface area contributed by atoms with E-state index < -0.39 is 9.85 Å². The molecule has 2 aromatic heterocycles. The minimum Gasteiger partial charge on any atom is -0.506 e. The zero-order valence-electron chi connectivity index (χ0n) is 26.7. The van der Waals surface area contributed by atoms with Gasteiger partial charge in [-0.1, -0.05) is 24.3 Å². The van der Waals surface area contributed by atoms with Gasteiger partial charge >= 0.3 is 0 Å². The van der Waals surface area contributed by atoms with Gasteiger partial charge in [-0.05, 0) is 62.4 Å². The number of nitro benzene ring substituents is 2. The molecule has 0 aliphatic rings. The average Bonchev–Trinajstić information content (AvgIpc) is 3.56. The van der Waals surface area contributed by atoms with E-state index in [-0.39, 0.29) is 51.4 Å². The Kier molecular flexibility index (Phi) is 11.6. The van der Waals surface area contributed by atoms with Gasteiger partial charge in [0, 0.05) is 53.5 Å². The Labute approximate surface area is 299 Å². The van der Waals surface area contributed by atoms with E-state index in [0.29, 0.717) is 45.3 Å². The number of nitrogens with zero attached hydrogens (tertiary/aromatic N) is 8. The van der Waals surface area contributed by atoms with E-state index in [4.69, 9.17) is 0 Å². The van der Waals surface area contributed by atoms with Crippen LogP contribution in [0.3, 0.4) is 0 Å². The summed E-state index contributed by atoms with van der Waals surface area (Å²) >= 11 is 0. The van der Waals surface area contributed by atoms with Crippen LogP contribution in [-0.2, 0) is 16.8 Å². The van der Waals surface area contributed by atoms with Gasteiger partial charge in [0.1, 0.15) is 22.9 Å². The van der Waals surface area contributed by atoms with Crippen LogP contribution in [0.5, 0.6) is 23.3 Å². The van der Waals surface area contributed by atoms with Crippen LogP contribution in [0.4, 0.5) is 22.7 Å². The molecule has 4 aromatic carbocycles. The third-order valence-electron chi connectivity index (χ3n) is 7.20. The summed E-state index contributed by atoms with van der Waals surface area (Å²) in [4.78, 5) is 28.8. The Hall–Kier alpha value is -6.85. The van der Waals surface area contributed by atoms with E-state index in [2.05, 4.69) is 20.2 Å². The number of benzene rings is 4. The van der Waals surface area contributed by atoms with Crippen molar-refractivity contribution in [3.05, 3.63) is 140 Å². The van der Waals surface area contributed by atoms with E-state index in [1.807, 2.05) is 0 Å². The quantitative estimate of drug-likeness (QED) is 0.0753. The predicted octanol–water partition coefficient (Wildman–Crippen LogP) is 6.50. The minimum atomic E-state index is -0.498. The molecular weight excluding hydrogens is 707 g/mol. The largest absolute Gasteiger partial charge is 0.506 e. The van der Waals surface area contributed by atoms with Gasteiger partial charge in [0.2, 0.25) is 11.8 Å². The van der Waals surface area contributed by atoms with E-state index in [0.717, 1.165) is 0 Å². The third kappa shape index (κ3) is 8.42. The molecule has 0 spiro atoms. The molecular formula is C34H28CoN8O8. The van der Waals surface area contributed by atoms with Crippen molar-refractivity contribution in [3.8, 4) is 34.6 Å². The van der Waals surface area contributed by atoms with Gasteiger partial charge in [-0.3, -0.25) is 30.2 Å². The van der Waals surface area contributed by atoms with Crippen LogP contribution in [-0.4, -0.2) is 62.3 Å². The number of aromatic nitrogens is 4. The molecule has 0 saturated carbocycles. The number of phenols is 2. The average molecular weight is 736 g/mol. The summed E-state index contributed by atoms with van der Waals surface area (Å²) in [6.07, 6.45) is 2.82. The number of hydrogen-bond acceptors (Lipinski definition) is 12. The molecule has 0 fully saturated rings. The fraction of sp³-hybridized carbons (Fsp3) is 0.0588. The van der Waals surface area contributed by atoms with E-state index >= 15 is 0 Å². The molecule has 0 unspecified atom stereocenters. The first-order valence-electron chi connectivity index (χ1n) is 14.7. The van der Waals surface area contributed by atoms with E-state index in [1.165, 1.54) is 82.5 Å². The molecule has 6 aromatic rings. The van der Waals surface area contributed by atoms with Crippen molar-refractivity contribution in [2.45, 2.75) is 13.8 Å². The van der Waals surface area contributed by atoms with Crippen molar-refractivity contribution in [1.29, 1.82) is 0 Å².